The molecule has 0 aromatic heterocycles. The molecular weight excluding hydrogens is 196 g/mol. The monoisotopic (exact) mass is 226 g/mol. The van der Waals surface area contributed by atoms with Gasteiger partial charge in [-0.2, -0.15) is 0 Å². The largest absolute Gasteiger partial charge is 0.312 e. The molecule has 1 aliphatic heterocycles. The Balaban J connectivity index is 2.20. The molecule has 1 unspecified atom stereocenters. The second-order valence-electron chi connectivity index (χ2n) is 6.26. The minimum Gasteiger partial charge on any atom is -0.312 e. The summed E-state index contributed by atoms with van der Waals surface area (Å²) in [4.78, 5) is 2.68. The normalized spacial score (nSPS) is 21.8. The Kier molecular flexibility index (Phi) is 5.77. The third-order valence-corrected chi connectivity index (χ3v) is 3.48. The van der Waals surface area contributed by atoms with Gasteiger partial charge in [-0.1, -0.05) is 12.8 Å². The molecule has 0 bridgehead atoms. The molecule has 2 nitrogen and oxygen atoms in total. The molecule has 0 aliphatic carbocycles. The summed E-state index contributed by atoms with van der Waals surface area (Å²) >= 11 is 0. The average Bonchev–Trinajstić information content (AvgIpc) is 2.43. The highest BCUT2D eigenvalue weighted by molar-refractivity contribution is 4.74. The van der Waals surface area contributed by atoms with Gasteiger partial charge in [0.05, 0.1) is 0 Å². The molecule has 0 aromatic rings. The summed E-state index contributed by atoms with van der Waals surface area (Å²) in [5.41, 5.74) is 0.262. The second-order valence-corrected chi connectivity index (χ2v) is 6.26. The fraction of sp³-hybridized carbons (Fsp3) is 1.00. The Hall–Kier alpha value is -0.0800. The van der Waals surface area contributed by atoms with Crippen LogP contribution in [-0.4, -0.2) is 36.1 Å². The second kappa shape index (κ2) is 6.61. The van der Waals surface area contributed by atoms with Crippen molar-refractivity contribution in [1.82, 2.24) is 10.2 Å². The molecule has 1 fully saturated rings. The highest BCUT2D eigenvalue weighted by atomic mass is 15.1. The van der Waals surface area contributed by atoms with Gasteiger partial charge in [0.2, 0.25) is 0 Å². The quantitative estimate of drug-likeness (QED) is 0.792. The van der Waals surface area contributed by atoms with Crippen molar-refractivity contribution < 1.29 is 0 Å². The van der Waals surface area contributed by atoms with Crippen LogP contribution in [0.1, 0.15) is 59.8 Å². The lowest BCUT2D eigenvalue weighted by Gasteiger charge is -2.29. The molecule has 0 amide bonds. The van der Waals surface area contributed by atoms with Gasteiger partial charge in [0.15, 0.2) is 0 Å². The van der Waals surface area contributed by atoms with Gasteiger partial charge in [0.25, 0.3) is 0 Å². The van der Waals surface area contributed by atoms with Crippen LogP contribution in [-0.2, 0) is 0 Å². The Labute approximate surface area is 102 Å². The SMILES string of the molecule is CC(CCNC(C)(C)C)N1CCCCCC1. The summed E-state index contributed by atoms with van der Waals surface area (Å²) in [6.07, 6.45) is 6.94. The maximum Gasteiger partial charge on any atom is 0.00965 e. The molecule has 0 radical (unpaired) electrons. The maximum absolute atomic E-state index is 3.58. The third-order valence-electron chi connectivity index (χ3n) is 3.48. The van der Waals surface area contributed by atoms with Crippen molar-refractivity contribution in [3.63, 3.8) is 0 Å². The highest BCUT2D eigenvalue weighted by Crippen LogP contribution is 2.14. The van der Waals surface area contributed by atoms with Crippen molar-refractivity contribution in [2.24, 2.45) is 0 Å². The number of hydrogen-bond donors (Lipinski definition) is 1. The Morgan fingerprint density at radius 3 is 2.12 bits per heavy atom. The molecule has 1 rings (SSSR count). The molecule has 1 atom stereocenters. The van der Waals surface area contributed by atoms with Crippen LogP contribution in [0.25, 0.3) is 0 Å². The number of hydrogen-bond acceptors (Lipinski definition) is 2. The molecule has 2 heteroatoms. The summed E-state index contributed by atoms with van der Waals surface area (Å²) in [6, 6.07) is 0.743. The Bertz CT molecular complexity index is 176. The minimum absolute atomic E-state index is 0.262. The van der Waals surface area contributed by atoms with Crippen LogP contribution in [0, 0.1) is 0 Å². The fourth-order valence-corrected chi connectivity index (χ4v) is 2.37. The van der Waals surface area contributed by atoms with E-state index >= 15 is 0 Å². The lowest BCUT2D eigenvalue weighted by Crippen LogP contribution is -2.40. The first-order valence-corrected chi connectivity index (χ1v) is 6.98. The molecule has 96 valence electrons. The van der Waals surface area contributed by atoms with Gasteiger partial charge in [-0.15, -0.1) is 0 Å². The predicted octanol–water partition coefficient (Wildman–Crippen LogP) is 3.03. The average molecular weight is 226 g/mol. The fourth-order valence-electron chi connectivity index (χ4n) is 2.37. The number of nitrogens with one attached hydrogen (secondary N) is 1. The molecule has 0 aromatic carbocycles. The summed E-state index contributed by atoms with van der Waals surface area (Å²) in [5.74, 6) is 0. The van der Waals surface area contributed by atoms with E-state index in [2.05, 4.69) is 37.9 Å². The Morgan fingerprint density at radius 1 is 1.06 bits per heavy atom. The van der Waals surface area contributed by atoms with E-state index in [9.17, 15) is 0 Å². The first-order chi connectivity index (χ1) is 7.49. The summed E-state index contributed by atoms with van der Waals surface area (Å²) < 4.78 is 0. The van der Waals surface area contributed by atoms with Gasteiger partial charge in [-0.3, -0.25) is 0 Å². The molecular formula is C14H30N2. The van der Waals surface area contributed by atoms with Crippen LogP contribution in [0.4, 0.5) is 0 Å². The summed E-state index contributed by atoms with van der Waals surface area (Å²) in [6.45, 7) is 12.9. The van der Waals surface area contributed by atoms with Crippen LogP contribution in [0.3, 0.4) is 0 Å². The van der Waals surface area contributed by atoms with Crippen LogP contribution < -0.4 is 5.32 Å². The van der Waals surface area contributed by atoms with E-state index in [-0.39, 0.29) is 5.54 Å². The van der Waals surface area contributed by atoms with Crippen LogP contribution in [0.15, 0.2) is 0 Å². The van der Waals surface area contributed by atoms with Gasteiger partial charge in [0, 0.05) is 11.6 Å². The van der Waals surface area contributed by atoms with Gasteiger partial charge >= 0.3 is 0 Å². The molecule has 16 heavy (non-hydrogen) atoms. The van der Waals surface area contributed by atoms with E-state index in [1.807, 2.05) is 0 Å². The van der Waals surface area contributed by atoms with Crippen molar-refractivity contribution in [2.45, 2.75) is 71.4 Å². The molecule has 0 spiro atoms. The summed E-state index contributed by atoms with van der Waals surface area (Å²) in [5, 5.41) is 3.58. The molecule has 0 saturated carbocycles. The zero-order valence-corrected chi connectivity index (χ0v) is 11.7. The van der Waals surface area contributed by atoms with Crippen molar-refractivity contribution in [2.75, 3.05) is 19.6 Å². The van der Waals surface area contributed by atoms with Crippen molar-refractivity contribution in [3.8, 4) is 0 Å². The molecule has 1 aliphatic rings. The van der Waals surface area contributed by atoms with Crippen LogP contribution in [0.2, 0.25) is 0 Å². The molecule has 1 heterocycles. The zero-order chi connectivity index (χ0) is 12.0. The van der Waals surface area contributed by atoms with Gasteiger partial charge in [-0.05, 0) is 66.6 Å². The third kappa shape index (κ3) is 5.86. The lowest BCUT2D eigenvalue weighted by atomic mass is 10.1. The smallest absolute Gasteiger partial charge is 0.00965 e. The van der Waals surface area contributed by atoms with Gasteiger partial charge in [-0.25, -0.2) is 0 Å². The summed E-state index contributed by atoms with van der Waals surface area (Å²) in [7, 11) is 0. The van der Waals surface area contributed by atoms with Crippen molar-refractivity contribution >= 4 is 0 Å². The highest BCUT2D eigenvalue weighted by Gasteiger charge is 2.16. The van der Waals surface area contributed by atoms with E-state index in [1.165, 1.54) is 45.2 Å². The number of likely N-dealkylation sites (tertiary alicyclic amines) is 1. The first-order valence-electron chi connectivity index (χ1n) is 6.98. The minimum atomic E-state index is 0.262. The standard InChI is InChI=1S/C14H30N2/c1-13(9-10-15-14(2,3)4)16-11-7-5-6-8-12-16/h13,15H,5-12H2,1-4H3. The number of nitrogens with zero attached hydrogens (tertiary/aromatic N) is 1. The number of rotatable bonds is 4. The van der Waals surface area contributed by atoms with Gasteiger partial charge < -0.3 is 10.2 Å². The van der Waals surface area contributed by atoms with Crippen molar-refractivity contribution in [1.29, 1.82) is 0 Å². The zero-order valence-electron chi connectivity index (χ0n) is 11.7. The topological polar surface area (TPSA) is 15.3 Å². The lowest BCUT2D eigenvalue weighted by molar-refractivity contribution is 0.203. The van der Waals surface area contributed by atoms with Crippen LogP contribution in [0.5, 0.6) is 0 Å². The van der Waals surface area contributed by atoms with E-state index in [1.54, 1.807) is 0 Å². The van der Waals surface area contributed by atoms with Crippen molar-refractivity contribution in [3.05, 3.63) is 0 Å². The van der Waals surface area contributed by atoms with E-state index < -0.39 is 0 Å². The Morgan fingerprint density at radius 2 is 1.62 bits per heavy atom. The predicted molar refractivity (Wildman–Crippen MR) is 71.9 cm³/mol. The van der Waals surface area contributed by atoms with Gasteiger partial charge in [0.1, 0.15) is 0 Å². The first kappa shape index (κ1) is 14.0. The maximum atomic E-state index is 3.58. The van der Waals surface area contributed by atoms with E-state index in [0.29, 0.717) is 0 Å². The van der Waals surface area contributed by atoms with E-state index in [0.717, 1.165) is 12.6 Å². The van der Waals surface area contributed by atoms with E-state index in [4.69, 9.17) is 0 Å². The molecule has 1 saturated heterocycles. The van der Waals surface area contributed by atoms with Crippen LogP contribution >= 0.6 is 0 Å². The molecule has 1 N–H and O–H groups in total.